The molecule has 1 aliphatic heterocycles. The van der Waals surface area contributed by atoms with Crippen molar-refractivity contribution in [1.29, 1.82) is 0 Å². The summed E-state index contributed by atoms with van der Waals surface area (Å²) in [6, 6.07) is 5.49. The van der Waals surface area contributed by atoms with Crippen molar-refractivity contribution in [1.82, 2.24) is 9.55 Å². The number of alkyl halides is 3. The summed E-state index contributed by atoms with van der Waals surface area (Å²) in [5.74, 6) is -0.579. The molecule has 0 saturated heterocycles. The number of fused-ring (bicyclic) bond motifs is 1. The van der Waals surface area contributed by atoms with Gasteiger partial charge in [-0.1, -0.05) is 0 Å². The number of benzene rings is 1. The Morgan fingerprint density at radius 1 is 1.40 bits per heavy atom. The zero-order chi connectivity index (χ0) is 18.0. The molecule has 1 unspecified atom stereocenters. The van der Waals surface area contributed by atoms with E-state index in [2.05, 4.69) is 15.0 Å². The number of aromatic nitrogens is 2. The molecule has 0 bridgehead atoms. The molecule has 0 amide bonds. The molecule has 25 heavy (non-hydrogen) atoms. The van der Waals surface area contributed by atoms with Gasteiger partial charge in [0.15, 0.2) is 0 Å². The first-order valence-electron chi connectivity index (χ1n) is 7.28. The predicted octanol–water partition coefficient (Wildman–Crippen LogP) is 2.95. The van der Waals surface area contributed by atoms with Crippen molar-refractivity contribution in [3.8, 4) is 11.8 Å². The third-order valence-corrected chi connectivity index (χ3v) is 3.50. The SMILES string of the molecule is O=[N+]([O-])c1cn2c(n1)OC(CNc1ccc(OC(F)(F)F)cc1)CC2. The van der Waals surface area contributed by atoms with Gasteiger partial charge in [0.05, 0.1) is 6.54 Å². The largest absolute Gasteiger partial charge is 0.573 e. The summed E-state index contributed by atoms with van der Waals surface area (Å²) in [6.07, 6.45) is -3.06. The van der Waals surface area contributed by atoms with Gasteiger partial charge in [0.1, 0.15) is 18.1 Å². The Hall–Kier alpha value is -2.98. The van der Waals surface area contributed by atoms with Crippen molar-refractivity contribution in [2.24, 2.45) is 0 Å². The topological polar surface area (TPSA) is 91.5 Å². The summed E-state index contributed by atoms with van der Waals surface area (Å²) in [5.41, 5.74) is 0.595. The molecule has 1 aromatic heterocycles. The van der Waals surface area contributed by atoms with E-state index in [1.807, 2.05) is 0 Å². The van der Waals surface area contributed by atoms with Crippen LogP contribution >= 0.6 is 0 Å². The highest BCUT2D eigenvalue weighted by atomic mass is 19.4. The number of aryl methyl sites for hydroxylation is 1. The number of nitrogens with zero attached hydrogens (tertiary/aromatic N) is 3. The Balaban J connectivity index is 1.54. The van der Waals surface area contributed by atoms with Crippen LogP contribution in [0.5, 0.6) is 11.8 Å². The predicted molar refractivity (Wildman–Crippen MR) is 79.5 cm³/mol. The van der Waals surface area contributed by atoms with Crippen LogP contribution in [0.1, 0.15) is 6.42 Å². The summed E-state index contributed by atoms with van der Waals surface area (Å²) in [5, 5.41) is 13.7. The first kappa shape index (κ1) is 16.9. The zero-order valence-corrected chi connectivity index (χ0v) is 12.7. The third-order valence-electron chi connectivity index (χ3n) is 3.50. The van der Waals surface area contributed by atoms with Gasteiger partial charge in [-0.25, -0.2) is 0 Å². The quantitative estimate of drug-likeness (QED) is 0.653. The van der Waals surface area contributed by atoms with E-state index in [0.29, 0.717) is 25.2 Å². The molecule has 1 atom stereocenters. The van der Waals surface area contributed by atoms with E-state index in [9.17, 15) is 23.3 Å². The summed E-state index contributed by atoms with van der Waals surface area (Å²) in [4.78, 5) is 13.9. The highest BCUT2D eigenvalue weighted by Gasteiger charge is 2.31. The summed E-state index contributed by atoms with van der Waals surface area (Å²) in [7, 11) is 0. The van der Waals surface area contributed by atoms with Crippen molar-refractivity contribution >= 4 is 11.5 Å². The van der Waals surface area contributed by atoms with E-state index in [1.165, 1.54) is 30.5 Å². The van der Waals surface area contributed by atoms with Gasteiger partial charge >= 0.3 is 18.2 Å². The number of nitrogens with one attached hydrogen (secondary N) is 1. The molecule has 2 heterocycles. The summed E-state index contributed by atoms with van der Waals surface area (Å²) in [6.45, 7) is 0.904. The highest BCUT2D eigenvalue weighted by molar-refractivity contribution is 5.46. The minimum absolute atomic E-state index is 0.179. The Kier molecular flexibility index (Phi) is 4.38. The van der Waals surface area contributed by atoms with Gasteiger partial charge in [-0.3, -0.25) is 4.57 Å². The van der Waals surface area contributed by atoms with Crippen LogP contribution in [-0.4, -0.2) is 33.5 Å². The fourth-order valence-electron chi connectivity index (χ4n) is 2.37. The minimum atomic E-state index is -4.73. The molecule has 1 aromatic carbocycles. The number of anilines is 1. The highest BCUT2D eigenvalue weighted by Crippen LogP contribution is 2.26. The normalized spacial score (nSPS) is 16.7. The molecular weight excluding hydrogens is 345 g/mol. The summed E-state index contributed by atoms with van der Waals surface area (Å²) >= 11 is 0. The van der Waals surface area contributed by atoms with Crippen LogP contribution in [0.4, 0.5) is 24.7 Å². The molecule has 0 radical (unpaired) electrons. The number of rotatable bonds is 5. The first-order valence-corrected chi connectivity index (χ1v) is 7.28. The van der Waals surface area contributed by atoms with E-state index in [-0.39, 0.29) is 23.7 Å². The molecule has 0 spiro atoms. The van der Waals surface area contributed by atoms with E-state index in [0.717, 1.165) is 0 Å². The lowest BCUT2D eigenvalue weighted by Crippen LogP contribution is -2.32. The fraction of sp³-hybridized carbons (Fsp3) is 0.357. The number of hydrogen-bond acceptors (Lipinski definition) is 6. The van der Waals surface area contributed by atoms with Crippen LogP contribution < -0.4 is 14.8 Å². The van der Waals surface area contributed by atoms with E-state index >= 15 is 0 Å². The summed E-state index contributed by atoms with van der Waals surface area (Å²) < 4.78 is 47.3. The van der Waals surface area contributed by atoms with Crippen molar-refractivity contribution < 1.29 is 27.6 Å². The maximum absolute atomic E-state index is 12.1. The van der Waals surface area contributed by atoms with Gasteiger partial charge in [0.25, 0.3) is 0 Å². The molecule has 0 aliphatic carbocycles. The second-order valence-electron chi connectivity index (χ2n) is 5.31. The first-order chi connectivity index (χ1) is 11.8. The third kappa shape index (κ3) is 4.31. The molecule has 8 nitrogen and oxygen atoms in total. The second-order valence-corrected chi connectivity index (χ2v) is 5.31. The lowest BCUT2D eigenvalue weighted by molar-refractivity contribution is -0.389. The van der Waals surface area contributed by atoms with E-state index < -0.39 is 11.3 Å². The van der Waals surface area contributed by atoms with Crippen LogP contribution in [0, 0.1) is 10.1 Å². The van der Waals surface area contributed by atoms with Gasteiger partial charge in [0, 0.05) is 23.6 Å². The van der Waals surface area contributed by atoms with Gasteiger partial charge in [-0.15, -0.1) is 13.2 Å². The Bertz CT molecular complexity index is 760. The van der Waals surface area contributed by atoms with Crippen LogP contribution in [0.25, 0.3) is 0 Å². The minimum Gasteiger partial charge on any atom is -0.441 e. The van der Waals surface area contributed by atoms with Crippen molar-refractivity contribution in [2.75, 3.05) is 11.9 Å². The Morgan fingerprint density at radius 3 is 2.76 bits per heavy atom. The smallest absolute Gasteiger partial charge is 0.441 e. The molecule has 11 heteroatoms. The van der Waals surface area contributed by atoms with Gasteiger partial charge in [0.2, 0.25) is 0 Å². The molecular formula is C14H13F3N4O4. The van der Waals surface area contributed by atoms with Crippen LogP contribution in [0.2, 0.25) is 0 Å². The Morgan fingerprint density at radius 2 is 2.12 bits per heavy atom. The number of halogens is 3. The maximum atomic E-state index is 12.1. The van der Waals surface area contributed by atoms with E-state index in [4.69, 9.17) is 4.74 Å². The van der Waals surface area contributed by atoms with E-state index in [1.54, 1.807) is 4.57 Å². The monoisotopic (exact) mass is 358 g/mol. The van der Waals surface area contributed by atoms with Crippen LogP contribution in [0.15, 0.2) is 30.5 Å². The molecule has 1 aliphatic rings. The van der Waals surface area contributed by atoms with Crippen molar-refractivity contribution in [3.05, 3.63) is 40.6 Å². The molecule has 3 rings (SSSR count). The lowest BCUT2D eigenvalue weighted by atomic mass is 10.2. The molecule has 134 valence electrons. The standard InChI is InChI=1S/C14H13F3N4O4/c15-14(16,17)25-10-3-1-9(2-4-10)18-7-11-5-6-20-8-12(21(22)23)19-13(20)24-11/h1-4,8,11,18H,5-7H2. The second kappa shape index (κ2) is 6.49. The van der Waals surface area contributed by atoms with Gasteiger partial charge in [-0.2, -0.15) is 0 Å². The number of hydrogen-bond donors (Lipinski definition) is 1. The molecule has 1 N–H and O–H groups in total. The van der Waals surface area contributed by atoms with Crippen LogP contribution in [0.3, 0.4) is 0 Å². The van der Waals surface area contributed by atoms with Crippen molar-refractivity contribution in [3.63, 3.8) is 0 Å². The number of nitro groups is 1. The Labute approximate surface area is 139 Å². The van der Waals surface area contributed by atoms with Crippen LogP contribution in [-0.2, 0) is 6.54 Å². The average Bonchev–Trinajstić information content (AvgIpc) is 2.96. The lowest BCUT2D eigenvalue weighted by Gasteiger charge is -2.22. The van der Waals surface area contributed by atoms with Gasteiger partial charge in [-0.05, 0) is 29.2 Å². The maximum Gasteiger partial charge on any atom is 0.573 e. The molecule has 2 aromatic rings. The fourth-order valence-corrected chi connectivity index (χ4v) is 2.37. The van der Waals surface area contributed by atoms with Gasteiger partial charge < -0.3 is 24.9 Å². The number of imidazole rings is 1. The molecule has 0 saturated carbocycles. The number of ether oxygens (including phenoxy) is 2. The average molecular weight is 358 g/mol. The van der Waals surface area contributed by atoms with Crippen molar-refractivity contribution in [2.45, 2.75) is 25.4 Å². The molecule has 0 fully saturated rings. The zero-order valence-electron chi connectivity index (χ0n) is 12.7.